The molecule has 1 rings (SSSR count). The molecule has 0 amide bonds. The summed E-state index contributed by atoms with van der Waals surface area (Å²) in [7, 11) is 1.69. The van der Waals surface area contributed by atoms with Gasteiger partial charge in [0.15, 0.2) is 0 Å². The highest BCUT2D eigenvalue weighted by molar-refractivity contribution is 5.88. The van der Waals surface area contributed by atoms with E-state index in [0.717, 1.165) is 50.7 Å². The lowest BCUT2D eigenvalue weighted by atomic mass is 10.1. The first kappa shape index (κ1) is 17.4. The number of ether oxygens (including phenoxy) is 2. The summed E-state index contributed by atoms with van der Waals surface area (Å²) in [5, 5.41) is 0. The van der Waals surface area contributed by atoms with Crippen LogP contribution >= 0.6 is 0 Å². The summed E-state index contributed by atoms with van der Waals surface area (Å²) in [5.41, 5.74) is 1.67. The number of rotatable bonds is 11. The van der Waals surface area contributed by atoms with Crippen LogP contribution in [-0.2, 0) is 27.2 Å². The first-order chi connectivity index (χ1) is 10.2. The monoisotopic (exact) mass is 295 g/mol. The minimum atomic E-state index is -0.286. The van der Waals surface area contributed by atoms with E-state index in [2.05, 4.69) is 0 Å². The van der Waals surface area contributed by atoms with Crippen LogP contribution in [0.1, 0.15) is 48.7 Å². The maximum atomic E-state index is 12.0. The summed E-state index contributed by atoms with van der Waals surface area (Å²) < 4.78 is 12.1. The number of esters is 1. The van der Waals surface area contributed by atoms with Crippen LogP contribution in [0.3, 0.4) is 0 Å². The van der Waals surface area contributed by atoms with Crippen molar-refractivity contribution >= 4 is 12.3 Å². The second-order valence-corrected chi connectivity index (χ2v) is 4.91. The first-order valence-corrected chi connectivity index (χ1v) is 7.51. The molecule has 0 N–H and O–H groups in total. The number of aldehydes is 1. The number of hydrogen-bond acceptors (Lipinski definition) is 4. The molecule has 0 spiro atoms. The maximum absolute atomic E-state index is 12.0. The van der Waals surface area contributed by atoms with Gasteiger partial charge in [0.1, 0.15) is 12.0 Å². The van der Waals surface area contributed by atoms with Crippen LogP contribution in [0.5, 0.6) is 0 Å². The number of aryl methyl sites for hydroxylation is 2. The summed E-state index contributed by atoms with van der Waals surface area (Å²) in [6.07, 6.45) is 6.97. The van der Waals surface area contributed by atoms with Gasteiger partial charge in [-0.05, 0) is 44.2 Å². The van der Waals surface area contributed by atoms with Gasteiger partial charge in [0.25, 0.3) is 0 Å². The van der Waals surface area contributed by atoms with Crippen LogP contribution in [0.15, 0.2) is 12.3 Å². The Hall–Kier alpha value is -1.62. The number of carbonyl (C=O) groups excluding carboxylic acids is 2. The average molecular weight is 295 g/mol. The van der Waals surface area contributed by atoms with Crippen LogP contribution < -0.4 is 0 Å². The molecule has 0 aliphatic rings. The molecule has 5 heteroatoms. The van der Waals surface area contributed by atoms with E-state index in [1.165, 1.54) is 0 Å². The molecule has 0 aliphatic heterocycles. The first-order valence-electron chi connectivity index (χ1n) is 7.51. The van der Waals surface area contributed by atoms with Crippen LogP contribution in [0.2, 0.25) is 0 Å². The molecule has 0 aliphatic carbocycles. The van der Waals surface area contributed by atoms with Gasteiger partial charge < -0.3 is 18.8 Å². The Morgan fingerprint density at radius 3 is 2.81 bits per heavy atom. The van der Waals surface area contributed by atoms with Crippen LogP contribution in [0.25, 0.3) is 0 Å². The molecular weight excluding hydrogens is 270 g/mol. The van der Waals surface area contributed by atoms with Gasteiger partial charge in [0.05, 0.1) is 6.61 Å². The largest absolute Gasteiger partial charge is 0.461 e. The summed E-state index contributed by atoms with van der Waals surface area (Å²) in [6, 6.07) is 1.87. The van der Waals surface area contributed by atoms with E-state index in [-0.39, 0.29) is 5.97 Å². The third-order valence-corrected chi connectivity index (χ3v) is 3.22. The van der Waals surface area contributed by atoms with E-state index in [4.69, 9.17) is 9.47 Å². The van der Waals surface area contributed by atoms with Crippen molar-refractivity contribution < 1.29 is 19.1 Å². The maximum Gasteiger partial charge on any atom is 0.354 e. The molecule has 0 unspecified atom stereocenters. The molecule has 0 fully saturated rings. The third-order valence-electron chi connectivity index (χ3n) is 3.22. The van der Waals surface area contributed by atoms with Crippen molar-refractivity contribution in [2.45, 2.75) is 45.6 Å². The van der Waals surface area contributed by atoms with Gasteiger partial charge in [-0.15, -0.1) is 0 Å². The van der Waals surface area contributed by atoms with Gasteiger partial charge in [-0.2, -0.15) is 0 Å². The Balaban J connectivity index is 2.70. The highest BCUT2D eigenvalue weighted by Crippen LogP contribution is 2.14. The highest BCUT2D eigenvalue weighted by atomic mass is 16.5. The summed E-state index contributed by atoms with van der Waals surface area (Å²) in [5.74, 6) is -0.286. The zero-order chi connectivity index (χ0) is 15.5. The van der Waals surface area contributed by atoms with E-state index in [0.29, 0.717) is 18.7 Å². The lowest BCUT2D eigenvalue weighted by Crippen LogP contribution is -2.12. The Bertz CT molecular complexity index is 439. The molecule has 5 nitrogen and oxygen atoms in total. The molecule has 0 radical (unpaired) electrons. The van der Waals surface area contributed by atoms with Crippen molar-refractivity contribution in [3.05, 3.63) is 23.5 Å². The summed E-state index contributed by atoms with van der Waals surface area (Å²) >= 11 is 0. The predicted octanol–water partition coefficient (Wildman–Crippen LogP) is 2.61. The van der Waals surface area contributed by atoms with E-state index in [1.54, 1.807) is 14.0 Å². The molecule has 0 atom stereocenters. The van der Waals surface area contributed by atoms with Gasteiger partial charge >= 0.3 is 5.97 Å². The van der Waals surface area contributed by atoms with E-state index >= 15 is 0 Å². The molecule has 21 heavy (non-hydrogen) atoms. The standard InChI is InChI=1S/C16H25NO4/c1-3-21-16(19)15-12-14(8-4-6-10-18)13-17(15)9-5-7-11-20-2/h10,12-13H,3-9,11H2,1-2H3. The highest BCUT2D eigenvalue weighted by Gasteiger charge is 2.14. The smallest absolute Gasteiger partial charge is 0.354 e. The zero-order valence-corrected chi connectivity index (χ0v) is 13.0. The minimum Gasteiger partial charge on any atom is -0.461 e. The van der Waals surface area contributed by atoms with Crippen molar-refractivity contribution in [1.29, 1.82) is 0 Å². The van der Waals surface area contributed by atoms with E-state index < -0.39 is 0 Å². The second kappa shape index (κ2) is 10.2. The SMILES string of the molecule is CCOC(=O)c1cc(CCCC=O)cn1CCCCOC. The van der Waals surface area contributed by atoms with Gasteiger partial charge in [0.2, 0.25) is 0 Å². The van der Waals surface area contributed by atoms with E-state index in [9.17, 15) is 9.59 Å². The van der Waals surface area contributed by atoms with Crippen molar-refractivity contribution in [2.24, 2.45) is 0 Å². The van der Waals surface area contributed by atoms with Gasteiger partial charge in [0, 0.05) is 32.9 Å². The fourth-order valence-electron chi connectivity index (χ4n) is 2.19. The number of methoxy groups -OCH3 is 1. The number of unbranched alkanes of at least 4 members (excludes halogenated alkanes) is 2. The fourth-order valence-corrected chi connectivity index (χ4v) is 2.19. The molecule has 1 heterocycles. The predicted molar refractivity (Wildman–Crippen MR) is 80.5 cm³/mol. The van der Waals surface area contributed by atoms with Crippen LogP contribution in [0, 0.1) is 0 Å². The molecule has 0 aromatic carbocycles. The van der Waals surface area contributed by atoms with Gasteiger partial charge in [-0.1, -0.05) is 0 Å². The van der Waals surface area contributed by atoms with Gasteiger partial charge in [-0.25, -0.2) is 4.79 Å². The van der Waals surface area contributed by atoms with Crippen molar-refractivity contribution in [1.82, 2.24) is 4.57 Å². The topological polar surface area (TPSA) is 57.5 Å². The molecule has 1 aromatic rings. The number of hydrogen-bond donors (Lipinski definition) is 0. The van der Waals surface area contributed by atoms with Crippen LogP contribution in [-0.4, -0.2) is 37.1 Å². The second-order valence-electron chi connectivity index (χ2n) is 4.91. The fraction of sp³-hybridized carbons (Fsp3) is 0.625. The van der Waals surface area contributed by atoms with Crippen LogP contribution in [0.4, 0.5) is 0 Å². The summed E-state index contributed by atoms with van der Waals surface area (Å²) in [6.45, 7) is 3.66. The Kier molecular flexibility index (Phi) is 8.43. The van der Waals surface area contributed by atoms with Crippen molar-refractivity contribution in [3.8, 4) is 0 Å². The van der Waals surface area contributed by atoms with Crippen molar-refractivity contribution in [3.63, 3.8) is 0 Å². The molecule has 0 saturated heterocycles. The molecule has 1 aromatic heterocycles. The molecule has 118 valence electrons. The Labute approximate surface area is 126 Å². The third kappa shape index (κ3) is 6.12. The lowest BCUT2D eigenvalue weighted by Gasteiger charge is -2.08. The number of nitrogens with zero attached hydrogens (tertiary/aromatic N) is 1. The lowest BCUT2D eigenvalue weighted by molar-refractivity contribution is -0.107. The minimum absolute atomic E-state index is 0.286. The number of aromatic nitrogens is 1. The number of carbonyl (C=O) groups is 2. The van der Waals surface area contributed by atoms with Crippen molar-refractivity contribution in [2.75, 3.05) is 20.3 Å². The normalized spacial score (nSPS) is 10.6. The quantitative estimate of drug-likeness (QED) is 0.358. The average Bonchev–Trinajstić information content (AvgIpc) is 2.87. The van der Waals surface area contributed by atoms with Gasteiger partial charge in [-0.3, -0.25) is 0 Å². The Morgan fingerprint density at radius 1 is 1.33 bits per heavy atom. The zero-order valence-electron chi connectivity index (χ0n) is 13.0. The Morgan fingerprint density at radius 2 is 2.14 bits per heavy atom. The molecule has 0 saturated carbocycles. The molecule has 0 bridgehead atoms. The molecular formula is C16H25NO4. The van der Waals surface area contributed by atoms with E-state index in [1.807, 2.05) is 16.8 Å². The summed E-state index contributed by atoms with van der Waals surface area (Å²) in [4.78, 5) is 22.3.